The standard InChI is InChI=1S/C15H13ClF3N5O/c1-22(7-9-8-24-6-4-3-5-10(24)20-9)14(25)12-11(16)13(15(17,18)19)21-23(12)2/h3-6,8H,7H2,1-2H3. The van der Waals surface area contributed by atoms with Gasteiger partial charge in [0, 0.05) is 26.5 Å². The van der Waals surface area contributed by atoms with Gasteiger partial charge in [0.2, 0.25) is 0 Å². The van der Waals surface area contributed by atoms with Crippen molar-refractivity contribution in [3.8, 4) is 0 Å². The van der Waals surface area contributed by atoms with Gasteiger partial charge in [0.05, 0.1) is 12.2 Å². The molecule has 3 rings (SSSR count). The van der Waals surface area contributed by atoms with E-state index in [-0.39, 0.29) is 12.2 Å². The van der Waals surface area contributed by atoms with E-state index >= 15 is 0 Å². The van der Waals surface area contributed by atoms with Gasteiger partial charge in [-0.25, -0.2) is 4.98 Å². The molecule has 25 heavy (non-hydrogen) atoms. The summed E-state index contributed by atoms with van der Waals surface area (Å²) in [7, 11) is 2.70. The summed E-state index contributed by atoms with van der Waals surface area (Å²) in [4.78, 5) is 18.1. The van der Waals surface area contributed by atoms with Gasteiger partial charge in [-0.3, -0.25) is 9.48 Å². The van der Waals surface area contributed by atoms with Crippen LogP contribution in [0.5, 0.6) is 0 Å². The maximum Gasteiger partial charge on any atom is 0.436 e. The number of hydrogen-bond donors (Lipinski definition) is 0. The fourth-order valence-corrected chi connectivity index (χ4v) is 2.82. The number of amides is 1. The summed E-state index contributed by atoms with van der Waals surface area (Å²) in [5.41, 5.74) is -0.297. The molecular weight excluding hydrogens is 359 g/mol. The first-order valence-electron chi connectivity index (χ1n) is 7.16. The fourth-order valence-electron chi connectivity index (χ4n) is 2.47. The van der Waals surface area contributed by atoms with Gasteiger partial charge in [0.25, 0.3) is 5.91 Å². The molecule has 0 saturated carbocycles. The van der Waals surface area contributed by atoms with E-state index < -0.39 is 22.8 Å². The Morgan fingerprint density at radius 1 is 1.36 bits per heavy atom. The highest BCUT2D eigenvalue weighted by Crippen LogP contribution is 2.35. The van der Waals surface area contributed by atoms with Crippen LogP contribution in [0.1, 0.15) is 21.9 Å². The minimum atomic E-state index is -4.73. The van der Waals surface area contributed by atoms with Crippen LogP contribution in [-0.2, 0) is 19.8 Å². The number of carbonyl (C=O) groups excluding carboxylic acids is 1. The molecule has 0 aliphatic rings. The molecule has 0 fully saturated rings. The second-order valence-electron chi connectivity index (χ2n) is 5.49. The smallest absolute Gasteiger partial charge is 0.334 e. The molecule has 0 saturated heterocycles. The number of fused-ring (bicyclic) bond motifs is 1. The highest BCUT2D eigenvalue weighted by atomic mass is 35.5. The molecule has 6 nitrogen and oxygen atoms in total. The molecule has 0 aromatic carbocycles. The average molecular weight is 372 g/mol. The van der Waals surface area contributed by atoms with Crippen LogP contribution in [0.15, 0.2) is 30.6 Å². The van der Waals surface area contributed by atoms with Crippen LogP contribution in [0.4, 0.5) is 13.2 Å². The van der Waals surface area contributed by atoms with E-state index in [9.17, 15) is 18.0 Å². The van der Waals surface area contributed by atoms with E-state index in [4.69, 9.17) is 11.6 Å². The Morgan fingerprint density at radius 2 is 2.08 bits per heavy atom. The molecular formula is C15H13ClF3N5O. The Kier molecular flexibility index (Phi) is 4.19. The molecule has 1 amide bonds. The zero-order chi connectivity index (χ0) is 18.4. The first-order chi connectivity index (χ1) is 11.7. The predicted octanol–water partition coefficient (Wildman–Crippen LogP) is 3.01. The molecule has 0 N–H and O–H groups in total. The van der Waals surface area contributed by atoms with Gasteiger partial charge in [-0.15, -0.1) is 0 Å². The lowest BCUT2D eigenvalue weighted by Crippen LogP contribution is -2.28. The topological polar surface area (TPSA) is 55.4 Å². The molecule has 0 aliphatic heterocycles. The van der Waals surface area contributed by atoms with Gasteiger partial charge < -0.3 is 9.30 Å². The third-order valence-corrected chi connectivity index (χ3v) is 3.98. The molecule has 0 bridgehead atoms. The molecule has 10 heteroatoms. The molecule has 132 valence electrons. The van der Waals surface area contributed by atoms with Crippen molar-refractivity contribution in [2.75, 3.05) is 7.05 Å². The van der Waals surface area contributed by atoms with Crippen LogP contribution in [0.2, 0.25) is 5.02 Å². The number of imidazole rings is 1. The summed E-state index contributed by atoms with van der Waals surface area (Å²) in [5.74, 6) is -0.674. The second kappa shape index (κ2) is 6.07. The maximum atomic E-state index is 12.9. The number of alkyl halides is 3. The van der Waals surface area contributed by atoms with Gasteiger partial charge in [-0.05, 0) is 12.1 Å². The lowest BCUT2D eigenvalue weighted by Gasteiger charge is -2.16. The summed E-state index contributed by atoms with van der Waals surface area (Å²) in [6, 6.07) is 5.47. The van der Waals surface area contributed by atoms with Gasteiger partial charge in [-0.1, -0.05) is 17.7 Å². The SMILES string of the molecule is CN(Cc1cn2ccccc2n1)C(=O)c1c(Cl)c(C(F)(F)F)nn1C. The number of halogens is 4. The molecule has 0 unspecified atom stereocenters. The van der Waals surface area contributed by atoms with Crippen molar-refractivity contribution in [2.24, 2.45) is 7.05 Å². The van der Waals surface area contributed by atoms with Crippen molar-refractivity contribution in [3.05, 3.63) is 52.7 Å². The summed E-state index contributed by atoms with van der Waals surface area (Å²) in [6.45, 7) is 0.114. The van der Waals surface area contributed by atoms with Crippen molar-refractivity contribution in [2.45, 2.75) is 12.7 Å². The number of pyridine rings is 1. The van der Waals surface area contributed by atoms with Gasteiger partial charge in [0.15, 0.2) is 5.69 Å². The number of aryl methyl sites for hydroxylation is 1. The molecule has 0 radical (unpaired) electrons. The zero-order valence-electron chi connectivity index (χ0n) is 13.3. The Morgan fingerprint density at radius 3 is 2.68 bits per heavy atom. The molecule has 3 aromatic heterocycles. The minimum absolute atomic E-state index is 0.114. The maximum absolute atomic E-state index is 12.9. The van der Waals surface area contributed by atoms with Crippen LogP contribution in [0, 0.1) is 0 Å². The van der Waals surface area contributed by atoms with E-state index in [0.29, 0.717) is 11.3 Å². The van der Waals surface area contributed by atoms with E-state index in [1.807, 2.05) is 12.1 Å². The van der Waals surface area contributed by atoms with Gasteiger partial charge in [0.1, 0.15) is 16.4 Å². The molecule has 0 atom stereocenters. The number of aromatic nitrogens is 4. The molecule has 0 aliphatic carbocycles. The van der Waals surface area contributed by atoms with Crippen molar-refractivity contribution >= 4 is 23.2 Å². The first kappa shape index (κ1) is 17.3. The molecule has 3 aromatic rings. The van der Waals surface area contributed by atoms with E-state index in [1.54, 1.807) is 22.9 Å². The Balaban J connectivity index is 1.86. The monoisotopic (exact) mass is 371 g/mol. The third kappa shape index (κ3) is 3.19. The highest BCUT2D eigenvalue weighted by molar-refractivity contribution is 6.34. The van der Waals surface area contributed by atoms with Crippen molar-refractivity contribution < 1.29 is 18.0 Å². The Hall–Kier alpha value is -2.55. The number of nitrogens with zero attached hydrogens (tertiary/aromatic N) is 5. The van der Waals surface area contributed by atoms with Gasteiger partial charge >= 0.3 is 6.18 Å². The number of rotatable bonds is 3. The first-order valence-corrected chi connectivity index (χ1v) is 7.54. The predicted molar refractivity (Wildman–Crippen MR) is 84.2 cm³/mol. The van der Waals surface area contributed by atoms with E-state index in [1.165, 1.54) is 19.0 Å². The van der Waals surface area contributed by atoms with Crippen molar-refractivity contribution in [1.82, 2.24) is 24.1 Å². The molecule has 0 spiro atoms. The number of carbonyl (C=O) groups is 1. The molecule has 3 heterocycles. The van der Waals surface area contributed by atoms with Crippen LogP contribution < -0.4 is 0 Å². The summed E-state index contributed by atoms with van der Waals surface area (Å²) in [6.07, 6.45) is -1.18. The Labute approximate surface area is 145 Å². The van der Waals surface area contributed by atoms with Crippen LogP contribution in [-0.4, -0.2) is 37.0 Å². The van der Waals surface area contributed by atoms with Crippen LogP contribution in [0.25, 0.3) is 5.65 Å². The number of hydrogen-bond acceptors (Lipinski definition) is 3. The second-order valence-corrected chi connectivity index (χ2v) is 5.87. The van der Waals surface area contributed by atoms with Crippen molar-refractivity contribution in [3.63, 3.8) is 0 Å². The lowest BCUT2D eigenvalue weighted by atomic mass is 10.3. The van der Waals surface area contributed by atoms with Crippen molar-refractivity contribution in [1.29, 1.82) is 0 Å². The largest absolute Gasteiger partial charge is 0.436 e. The fraction of sp³-hybridized carbons (Fsp3) is 0.267. The summed E-state index contributed by atoms with van der Waals surface area (Å²) in [5, 5.41) is 2.61. The van der Waals surface area contributed by atoms with Crippen LogP contribution >= 0.6 is 11.6 Å². The van der Waals surface area contributed by atoms with Gasteiger partial charge in [-0.2, -0.15) is 18.3 Å². The normalized spacial score (nSPS) is 11.9. The summed E-state index contributed by atoms with van der Waals surface area (Å²) < 4.78 is 41.2. The third-order valence-electron chi connectivity index (χ3n) is 3.62. The highest BCUT2D eigenvalue weighted by Gasteiger charge is 2.40. The van der Waals surface area contributed by atoms with Crippen LogP contribution in [0.3, 0.4) is 0 Å². The lowest BCUT2D eigenvalue weighted by molar-refractivity contribution is -0.141. The quantitative estimate of drug-likeness (QED) is 0.711. The minimum Gasteiger partial charge on any atom is -0.334 e. The van der Waals surface area contributed by atoms with E-state index in [2.05, 4.69) is 10.1 Å². The van der Waals surface area contributed by atoms with E-state index in [0.717, 1.165) is 4.68 Å². The average Bonchev–Trinajstić information content (AvgIpc) is 3.06. The zero-order valence-corrected chi connectivity index (χ0v) is 14.0. The Bertz CT molecular complexity index is 913. The summed E-state index contributed by atoms with van der Waals surface area (Å²) >= 11 is 5.75.